The van der Waals surface area contributed by atoms with Gasteiger partial charge < -0.3 is 24.7 Å². The Morgan fingerprint density at radius 2 is 1.97 bits per heavy atom. The fourth-order valence-corrected chi connectivity index (χ4v) is 3.96. The van der Waals surface area contributed by atoms with Crippen LogP contribution < -0.4 is 20.1 Å². The summed E-state index contributed by atoms with van der Waals surface area (Å²) in [6.07, 6.45) is 0.405. The summed E-state index contributed by atoms with van der Waals surface area (Å²) in [7, 11) is 1.79. The highest BCUT2D eigenvalue weighted by molar-refractivity contribution is 8.00. The molecule has 0 saturated carbocycles. The summed E-state index contributed by atoms with van der Waals surface area (Å²) < 4.78 is 26.1. The molecule has 0 bridgehead atoms. The Labute approximate surface area is 193 Å². The maximum absolute atomic E-state index is 13.7. The van der Waals surface area contributed by atoms with E-state index in [0.717, 1.165) is 0 Å². The van der Waals surface area contributed by atoms with Gasteiger partial charge in [-0.1, -0.05) is 23.9 Å². The third-order valence-corrected chi connectivity index (χ3v) is 6.10. The second kappa shape index (κ2) is 9.90. The summed E-state index contributed by atoms with van der Waals surface area (Å²) in [6.45, 7) is 2.21. The van der Waals surface area contributed by atoms with Gasteiger partial charge in [0.25, 0.3) is 5.91 Å². The SMILES string of the molecule is CC(Sc1nnc(CCNC(=O)c2ccccc2F)n1C)C(=O)Nc1ccc2c(c1)OCO2. The number of fused-ring (bicyclic) bond motifs is 1. The molecule has 4 rings (SSSR count). The minimum Gasteiger partial charge on any atom is -0.454 e. The summed E-state index contributed by atoms with van der Waals surface area (Å²) in [5.41, 5.74) is 0.606. The van der Waals surface area contributed by atoms with Crippen LogP contribution in [0.4, 0.5) is 10.1 Å². The summed E-state index contributed by atoms with van der Waals surface area (Å²) in [5.74, 6) is 0.620. The number of halogens is 1. The lowest BCUT2D eigenvalue weighted by atomic mass is 10.2. The summed E-state index contributed by atoms with van der Waals surface area (Å²) in [4.78, 5) is 24.7. The smallest absolute Gasteiger partial charge is 0.254 e. The zero-order valence-corrected chi connectivity index (χ0v) is 18.8. The number of rotatable bonds is 8. The van der Waals surface area contributed by atoms with Crippen LogP contribution in [0.5, 0.6) is 11.5 Å². The first-order valence-corrected chi connectivity index (χ1v) is 11.1. The van der Waals surface area contributed by atoms with Gasteiger partial charge in [-0.3, -0.25) is 9.59 Å². The van der Waals surface area contributed by atoms with Crippen molar-refractivity contribution in [2.75, 3.05) is 18.7 Å². The van der Waals surface area contributed by atoms with E-state index in [2.05, 4.69) is 20.8 Å². The van der Waals surface area contributed by atoms with E-state index < -0.39 is 17.0 Å². The quantitative estimate of drug-likeness (QED) is 0.487. The first kappa shape index (κ1) is 22.6. The molecule has 3 aromatic rings. The van der Waals surface area contributed by atoms with Crippen LogP contribution in [0.2, 0.25) is 0 Å². The van der Waals surface area contributed by atoms with Gasteiger partial charge >= 0.3 is 0 Å². The van der Waals surface area contributed by atoms with Crippen molar-refractivity contribution < 1.29 is 23.5 Å². The Hall–Kier alpha value is -3.60. The summed E-state index contributed by atoms with van der Waals surface area (Å²) in [5, 5.41) is 14.0. The number of benzene rings is 2. The van der Waals surface area contributed by atoms with E-state index in [-0.39, 0.29) is 24.8 Å². The van der Waals surface area contributed by atoms with Gasteiger partial charge in [0.05, 0.1) is 10.8 Å². The second-order valence-electron chi connectivity index (χ2n) is 7.26. The van der Waals surface area contributed by atoms with Crippen LogP contribution in [-0.2, 0) is 18.3 Å². The molecule has 33 heavy (non-hydrogen) atoms. The normalized spacial score (nSPS) is 12.9. The minimum absolute atomic E-state index is 0.00555. The number of nitrogens with one attached hydrogen (secondary N) is 2. The highest BCUT2D eigenvalue weighted by Gasteiger charge is 2.20. The van der Waals surface area contributed by atoms with E-state index in [4.69, 9.17) is 9.47 Å². The van der Waals surface area contributed by atoms with E-state index in [0.29, 0.717) is 34.6 Å². The largest absolute Gasteiger partial charge is 0.454 e. The molecule has 1 aromatic heterocycles. The van der Waals surface area contributed by atoms with Crippen LogP contribution in [0.15, 0.2) is 47.6 Å². The van der Waals surface area contributed by atoms with Gasteiger partial charge in [0.15, 0.2) is 16.7 Å². The van der Waals surface area contributed by atoms with Crippen LogP contribution >= 0.6 is 11.8 Å². The highest BCUT2D eigenvalue weighted by Crippen LogP contribution is 2.34. The average molecular weight is 472 g/mol. The number of carbonyl (C=O) groups is 2. The monoisotopic (exact) mass is 471 g/mol. The lowest BCUT2D eigenvalue weighted by Crippen LogP contribution is -2.27. The number of ether oxygens (including phenoxy) is 2. The molecule has 0 spiro atoms. The predicted molar refractivity (Wildman–Crippen MR) is 120 cm³/mol. The molecule has 9 nitrogen and oxygen atoms in total. The molecule has 0 aliphatic carbocycles. The van der Waals surface area contributed by atoms with Gasteiger partial charge in [0.1, 0.15) is 11.6 Å². The maximum atomic E-state index is 13.7. The lowest BCUT2D eigenvalue weighted by molar-refractivity contribution is -0.115. The zero-order valence-electron chi connectivity index (χ0n) is 18.0. The molecule has 11 heteroatoms. The van der Waals surface area contributed by atoms with Crippen molar-refractivity contribution in [2.45, 2.75) is 23.8 Å². The van der Waals surface area contributed by atoms with Crippen molar-refractivity contribution >= 4 is 29.3 Å². The number of anilines is 1. The van der Waals surface area contributed by atoms with Crippen LogP contribution in [0, 0.1) is 5.82 Å². The third kappa shape index (κ3) is 5.25. The minimum atomic E-state index is -0.569. The Morgan fingerprint density at radius 1 is 1.18 bits per heavy atom. The first-order valence-electron chi connectivity index (χ1n) is 10.2. The van der Waals surface area contributed by atoms with E-state index in [9.17, 15) is 14.0 Å². The van der Waals surface area contributed by atoms with Crippen molar-refractivity contribution in [3.63, 3.8) is 0 Å². The standard InChI is InChI=1S/C22H22FN5O4S/c1-13(20(29)25-14-7-8-17-18(11-14)32-12-31-17)33-22-27-26-19(28(22)2)9-10-24-21(30)15-5-3-4-6-16(15)23/h3-8,11,13H,9-10,12H2,1-2H3,(H,24,30)(H,25,29). The molecule has 172 valence electrons. The van der Waals surface area contributed by atoms with Gasteiger partial charge in [-0.2, -0.15) is 0 Å². The van der Waals surface area contributed by atoms with Gasteiger partial charge in [0.2, 0.25) is 12.7 Å². The van der Waals surface area contributed by atoms with Crippen LogP contribution in [-0.4, -0.2) is 45.2 Å². The zero-order chi connectivity index (χ0) is 23.4. The van der Waals surface area contributed by atoms with Gasteiger partial charge in [-0.25, -0.2) is 4.39 Å². The summed E-state index contributed by atoms with van der Waals surface area (Å²) in [6, 6.07) is 11.0. The Bertz CT molecular complexity index is 1190. The maximum Gasteiger partial charge on any atom is 0.254 e. The fourth-order valence-electron chi connectivity index (χ4n) is 3.12. The predicted octanol–water partition coefficient (Wildman–Crippen LogP) is 2.77. The van der Waals surface area contributed by atoms with Gasteiger partial charge in [-0.05, 0) is 31.2 Å². The molecular formula is C22H22FN5O4S. The van der Waals surface area contributed by atoms with E-state index in [1.165, 1.54) is 30.0 Å². The Morgan fingerprint density at radius 3 is 2.79 bits per heavy atom. The molecule has 0 fully saturated rings. The number of carbonyl (C=O) groups excluding carboxylic acids is 2. The van der Waals surface area contributed by atoms with Crippen LogP contribution in [0.3, 0.4) is 0 Å². The number of thioether (sulfide) groups is 1. The van der Waals surface area contributed by atoms with Gasteiger partial charge in [-0.15, -0.1) is 10.2 Å². The van der Waals surface area contributed by atoms with E-state index >= 15 is 0 Å². The Kier molecular flexibility index (Phi) is 6.78. The lowest BCUT2D eigenvalue weighted by Gasteiger charge is -2.12. The molecule has 0 saturated heterocycles. The number of nitrogens with zero attached hydrogens (tertiary/aromatic N) is 3. The molecule has 2 N–H and O–H groups in total. The van der Waals surface area contributed by atoms with E-state index in [1.807, 2.05) is 0 Å². The van der Waals surface area contributed by atoms with E-state index in [1.54, 1.807) is 42.8 Å². The summed E-state index contributed by atoms with van der Waals surface area (Å²) >= 11 is 1.27. The van der Waals surface area contributed by atoms with Crippen molar-refractivity contribution in [1.82, 2.24) is 20.1 Å². The molecule has 1 aliphatic heterocycles. The molecule has 1 atom stereocenters. The number of amides is 2. The van der Waals surface area contributed by atoms with Crippen LogP contribution in [0.1, 0.15) is 23.1 Å². The first-order chi connectivity index (χ1) is 15.9. The molecule has 1 unspecified atom stereocenters. The van der Waals surface area contributed by atoms with Crippen LogP contribution in [0.25, 0.3) is 0 Å². The average Bonchev–Trinajstić information content (AvgIpc) is 3.40. The third-order valence-electron chi connectivity index (χ3n) is 4.97. The number of hydrogen-bond donors (Lipinski definition) is 2. The Balaban J connectivity index is 1.29. The molecule has 2 aromatic carbocycles. The van der Waals surface area contributed by atoms with Crippen molar-refractivity contribution in [2.24, 2.45) is 7.05 Å². The fraction of sp³-hybridized carbons (Fsp3) is 0.273. The molecular weight excluding hydrogens is 449 g/mol. The number of aromatic nitrogens is 3. The second-order valence-corrected chi connectivity index (χ2v) is 8.57. The van der Waals surface area contributed by atoms with Gasteiger partial charge in [0, 0.05) is 31.8 Å². The van der Waals surface area contributed by atoms with Crippen molar-refractivity contribution in [1.29, 1.82) is 0 Å². The van der Waals surface area contributed by atoms with Crippen molar-refractivity contribution in [3.8, 4) is 11.5 Å². The molecule has 2 heterocycles. The molecule has 2 amide bonds. The topological polar surface area (TPSA) is 107 Å². The van der Waals surface area contributed by atoms with Crippen molar-refractivity contribution in [3.05, 3.63) is 59.7 Å². The molecule has 0 radical (unpaired) electrons. The number of hydrogen-bond acceptors (Lipinski definition) is 7. The highest BCUT2D eigenvalue weighted by atomic mass is 32.2. The molecule has 1 aliphatic rings.